The van der Waals surface area contributed by atoms with Gasteiger partial charge in [0.05, 0.1) is 0 Å². The maximum Gasteiger partial charge on any atom is 0.447 e. The molecule has 2 heterocycles. The molecule has 0 spiro atoms. The number of H-pyrrole nitrogens is 1. The van der Waals surface area contributed by atoms with E-state index in [4.69, 9.17) is 11.6 Å². The van der Waals surface area contributed by atoms with E-state index in [0.717, 1.165) is 0 Å². The highest BCUT2D eigenvalue weighted by molar-refractivity contribution is 6.28. The second kappa shape index (κ2) is 3.02. The van der Waals surface area contributed by atoms with Crippen molar-refractivity contribution in [1.82, 2.24) is 10.3 Å². The largest absolute Gasteiger partial charge is 0.447 e. The highest BCUT2D eigenvalue weighted by Crippen LogP contribution is 1.98. The first-order valence-electron chi connectivity index (χ1n) is 3.48. The van der Waals surface area contributed by atoms with E-state index < -0.39 is 5.63 Å². The van der Waals surface area contributed by atoms with E-state index in [1.165, 1.54) is 4.68 Å². The van der Waals surface area contributed by atoms with E-state index in [9.17, 15) is 4.79 Å². The first-order valence-corrected chi connectivity index (χ1v) is 3.86. The molecule has 0 fully saturated rings. The van der Waals surface area contributed by atoms with Crippen molar-refractivity contribution in [1.29, 1.82) is 0 Å². The summed E-state index contributed by atoms with van der Waals surface area (Å²) < 4.78 is 5.77. The Hall–Kier alpha value is -1.62. The van der Waals surface area contributed by atoms with Gasteiger partial charge in [0, 0.05) is 23.9 Å². The molecule has 0 aliphatic carbocycles. The van der Waals surface area contributed by atoms with E-state index in [-0.39, 0.29) is 5.15 Å². The van der Waals surface area contributed by atoms with Crippen LogP contribution in [0.1, 0.15) is 0 Å². The van der Waals surface area contributed by atoms with Crippen molar-refractivity contribution in [2.75, 3.05) is 0 Å². The number of nitrogens with zero attached hydrogens (tertiary/aromatic N) is 2. The third kappa shape index (κ3) is 1.33. The number of aromatic amines is 1. The second-order valence-electron chi connectivity index (χ2n) is 2.32. The summed E-state index contributed by atoms with van der Waals surface area (Å²) in [4.78, 5) is 14.7. The summed E-state index contributed by atoms with van der Waals surface area (Å²) in [6.07, 6.45) is 3.17. The fourth-order valence-corrected chi connectivity index (χ4v) is 1.08. The predicted octanol–water partition coefficient (Wildman–Crippen LogP) is 0.293. The fourth-order valence-electron chi connectivity index (χ4n) is 0.913. The minimum absolute atomic E-state index is 0.0343. The number of hydrogen-bond acceptors (Lipinski definition) is 3. The molecule has 2 rings (SSSR count). The van der Waals surface area contributed by atoms with Crippen LogP contribution in [-0.2, 0) is 0 Å². The number of pyridine rings is 1. The van der Waals surface area contributed by atoms with Crippen molar-refractivity contribution in [3.8, 4) is 5.69 Å². The lowest BCUT2D eigenvalue weighted by atomic mass is 10.4. The van der Waals surface area contributed by atoms with Crippen molar-refractivity contribution in [3.05, 3.63) is 40.1 Å². The normalized spacial score (nSPS) is 10.2. The van der Waals surface area contributed by atoms with E-state index in [0.29, 0.717) is 5.69 Å². The third-order valence-corrected chi connectivity index (χ3v) is 1.82. The van der Waals surface area contributed by atoms with Crippen LogP contribution in [0, 0.1) is 0 Å². The minimum atomic E-state index is -0.606. The van der Waals surface area contributed by atoms with E-state index in [1.807, 2.05) is 0 Å². The van der Waals surface area contributed by atoms with Crippen LogP contribution in [0.2, 0.25) is 5.15 Å². The summed E-state index contributed by atoms with van der Waals surface area (Å²) in [5.74, 6) is 0. The summed E-state index contributed by atoms with van der Waals surface area (Å²) in [6.45, 7) is 0. The van der Waals surface area contributed by atoms with Gasteiger partial charge in [-0.25, -0.2) is 4.79 Å². The second-order valence-corrected chi connectivity index (χ2v) is 2.68. The Kier molecular flexibility index (Phi) is 1.86. The lowest BCUT2D eigenvalue weighted by Crippen LogP contribution is -2.34. The molecule has 13 heavy (non-hydrogen) atoms. The maximum absolute atomic E-state index is 10.8. The third-order valence-electron chi connectivity index (χ3n) is 1.50. The molecule has 0 amide bonds. The average molecular weight is 199 g/mol. The summed E-state index contributed by atoms with van der Waals surface area (Å²) in [5, 5.41) is 2.31. The molecule has 0 saturated carbocycles. The molecule has 0 aliphatic rings. The highest BCUT2D eigenvalue weighted by atomic mass is 35.5. The zero-order chi connectivity index (χ0) is 9.26. The van der Waals surface area contributed by atoms with Crippen molar-refractivity contribution in [2.45, 2.75) is 0 Å². The van der Waals surface area contributed by atoms with Crippen molar-refractivity contribution in [2.24, 2.45) is 0 Å². The van der Waals surface area contributed by atoms with E-state index in [1.54, 1.807) is 24.5 Å². The van der Waals surface area contributed by atoms with Gasteiger partial charge in [-0.1, -0.05) is 0 Å². The Bertz CT molecular complexity index is 462. The maximum atomic E-state index is 10.8. The Balaban J connectivity index is 2.60. The quantitative estimate of drug-likeness (QED) is 0.670. The summed E-state index contributed by atoms with van der Waals surface area (Å²) in [6, 6.07) is 3.47. The number of hydrogen-bond donors (Lipinski definition) is 1. The Morgan fingerprint density at radius 1 is 1.62 bits per heavy atom. The van der Waals surface area contributed by atoms with Crippen molar-refractivity contribution < 1.29 is 9.20 Å². The number of aromatic nitrogens is 3. The standard InChI is InChI=1S/C7H4ClN3O2/c8-6-7(12)13-10-11(6)5-2-1-3-9-4-5/h1-4H/p+1. The highest BCUT2D eigenvalue weighted by Gasteiger charge is 2.20. The van der Waals surface area contributed by atoms with Crippen LogP contribution < -0.4 is 10.3 Å². The topological polar surface area (TPSA) is 62.8 Å². The smallest absolute Gasteiger partial charge is 0.281 e. The Morgan fingerprint density at radius 2 is 2.46 bits per heavy atom. The Labute approximate surface area is 77.5 Å². The van der Waals surface area contributed by atoms with Crippen LogP contribution in [0.25, 0.3) is 5.69 Å². The van der Waals surface area contributed by atoms with Gasteiger partial charge >= 0.3 is 10.8 Å². The van der Waals surface area contributed by atoms with Crippen LogP contribution in [0.4, 0.5) is 0 Å². The molecule has 0 radical (unpaired) electrons. The first-order chi connectivity index (χ1) is 6.29. The van der Waals surface area contributed by atoms with Crippen LogP contribution in [0.3, 0.4) is 0 Å². The van der Waals surface area contributed by atoms with Crippen molar-refractivity contribution in [3.63, 3.8) is 0 Å². The van der Waals surface area contributed by atoms with Crippen LogP contribution in [0.5, 0.6) is 0 Å². The minimum Gasteiger partial charge on any atom is -0.281 e. The Morgan fingerprint density at radius 3 is 3.00 bits per heavy atom. The average Bonchev–Trinajstić information content (AvgIpc) is 2.49. The molecule has 5 nitrogen and oxygen atoms in total. The molecule has 0 unspecified atom stereocenters. The fraction of sp³-hybridized carbons (Fsp3) is 0. The van der Waals surface area contributed by atoms with Crippen LogP contribution in [0.15, 0.2) is 33.8 Å². The first kappa shape index (κ1) is 8.00. The number of nitrogens with one attached hydrogen (secondary N) is 1. The number of halogens is 1. The van der Waals surface area contributed by atoms with Gasteiger partial charge in [-0.3, -0.25) is 9.51 Å². The molecular weight excluding hydrogens is 194 g/mol. The predicted molar refractivity (Wildman–Crippen MR) is 43.7 cm³/mol. The molecular formula is C7H5ClN3O2+. The SMILES string of the molecule is O=c1o[nH][n+](-c2cccnc2)c1Cl. The zero-order valence-electron chi connectivity index (χ0n) is 6.40. The molecule has 6 heteroatoms. The monoisotopic (exact) mass is 198 g/mol. The van der Waals surface area contributed by atoms with E-state index >= 15 is 0 Å². The van der Waals surface area contributed by atoms with Gasteiger partial charge in [-0.2, -0.15) is 0 Å². The lowest BCUT2D eigenvalue weighted by Gasteiger charge is -1.86. The molecule has 0 bridgehead atoms. The lowest BCUT2D eigenvalue weighted by molar-refractivity contribution is -0.668. The molecule has 66 valence electrons. The van der Waals surface area contributed by atoms with Gasteiger partial charge in [-0.15, -0.1) is 0 Å². The van der Waals surface area contributed by atoms with E-state index in [2.05, 4.69) is 14.8 Å². The summed E-state index contributed by atoms with van der Waals surface area (Å²) >= 11 is 5.64. The molecule has 2 aromatic heterocycles. The molecule has 2 aromatic rings. The van der Waals surface area contributed by atoms with Gasteiger partial charge in [0.15, 0.2) is 0 Å². The van der Waals surface area contributed by atoms with Crippen molar-refractivity contribution >= 4 is 11.6 Å². The van der Waals surface area contributed by atoms with Gasteiger partial charge in [0.2, 0.25) is 0 Å². The summed E-state index contributed by atoms with van der Waals surface area (Å²) in [7, 11) is 0. The molecule has 0 atom stereocenters. The molecule has 0 aliphatic heterocycles. The van der Waals surface area contributed by atoms with Crippen LogP contribution >= 0.6 is 11.6 Å². The van der Waals surface area contributed by atoms with Gasteiger partial charge in [0.25, 0.3) is 5.69 Å². The van der Waals surface area contributed by atoms with Gasteiger partial charge in [0.1, 0.15) is 6.20 Å². The molecule has 1 N–H and O–H groups in total. The molecule has 0 saturated heterocycles. The molecule has 0 aromatic carbocycles. The van der Waals surface area contributed by atoms with Gasteiger partial charge < -0.3 is 0 Å². The zero-order valence-corrected chi connectivity index (χ0v) is 7.15. The van der Waals surface area contributed by atoms with Crippen LogP contribution in [-0.4, -0.2) is 10.3 Å². The van der Waals surface area contributed by atoms with Gasteiger partial charge in [-0.05, 0) is 16.0 Å². The summed E-state index contributed by atoms with van der Waals surface area (Å²) in [5.41, 5.74) is 0.0314. The number of rotatable bonds is 1.